The second kappa shape index (κ2) is 4.85. The van der Waals surface area contributed by atoms with E-state index in [-0.39, 0.29) is 18.2 Å². The largest absolute Gasteiger partial charge is 0.475 e. The van der Waals surface area contributed by atoms with Gasteiger partial charge in [0.25, 0.3) is 5.91 Å². The standard InChI is InChI=1S/C15H13NO4/c17-14-12-4-2-1-3-10(12)5-7-16(14)9-11-6-8-20-13(11)15(18)19/h1-4,6,8H,5,7,9H2,(H,18,19). The summed E-state index contributed by atoms with van der Waals surface area (Å²) in [6, 6.07) is 9.10. The molecule has 0 spiro atoms. The van der Waals surface area contributed by atoms with E-state index >= 15 is 0 Å². The minimum Gasteiger partial charge on any atom is -0.475 e. The van der Waals surface area contributed by atoms with E-state index < -0.39 is 5.97 Å². The molecule has 0 unspecified atom stereocenters. The molecule has 3 rings (SSSR count). The number of rotatable bonds is 3. The maximum Gasteiger partial charge on any atom is 0.372 e. The first-order valence-electron chi connectivity index (χ1n) is 6.33. The molecule has 0 saturated carbocycles. The number of benzene rings is 1. The SMILES string of the molecule is O=C(O)c1occc1CN1CCc2ccccc2C1=O. The van der Waals surface area contributed by atoms with Crippen molar-refractivity contribution in [2.45, 2.75) is 13.0 Å². The van der Waals surface area contributed by atoms with Crippen molar-refractivity contribution < 1.29 is 19.1 Å². The van der Waals surface area contributed by atoms with Crippen molar-refractivity contribution in [3.8, 4) is 0 Å². The van der Waals surface area contributed by atoms with Gasteiger partial charge in [-0.15, -0.1) is 0 Å². The first-order valence-corrected chi connectivity index (χ1v) is 6.33. The number of fused-ring (bicyclic) bond motifs is 1. The minimum absolute atomic E-state index is 0.0654. The third-order valence-electron chi connectivity index (χ3n) is 3.49. The maximum absolute atomic E-state index is 12.4. The summed E-state index contributed by atoms with van der Waals surface area (Å²) in [7, 11) is 0. The molecule has 0 radical (unpaired) electrons. The monoisotopic (exact) mass is 271 g/mol. The highest BCUT2D eigenvalue weighted by Crippen LogP contribution is 2.21. The smallest absolute Gasteiger partial charge is 0.372 e. The number of hydrogen-bond acceptors (Lipinski definition) is 3. The molecule has 0 bridgehead atoms. The van der Waals surface area contributed by atoms with Crippen molar-refractivity contribution in [2.75, 3.05) is 6.54 Å². The molecular weight excluding hydrogens is 258 g/mol. The highest BCUT2D eigenvalue weighted by molar-refractivity contribution is 5.96. The van der Waals surface area contributed by atoms with Crippen LogP contribution in [0.4, 0.5) is 0 Å². The van der Waals surface area contributed by atoms with E-state index in [0.717, 1.165) is 12.0 Å². The Morgan fingerprint density at radius 1 is 1.30 bits per heavy atom. The molecule has 0 saturated heterocycles. The molecule has 1 aromatic heterocycles. The topological polar surface area (TPSA) is 70.8 Å². The first-order chi connectivity index (χ1) is 9.66. The number of carbonyl (C=O) groups excluding carboxylic acids is 1. The molecule has 20 heavy (non-hydrogen) atoms. The molecule has 2 aromatic rings. The van der Waals surface area contributed by atoms with Gasteiger partial charge in [-0.3, -0.25) is 4.79 Å². The molecule has 5 heteroatoms. The second-order valence-corrected chi connectivity index (χ2v) is 4.71. The van der Waals surface area contributed by atoms with Gasteiger partial charge in [-0.25, -0.2) is 4.79 Å². The highest BCUT2D eigenvalue weighted by Gasteiger charge is 2.26. The summed E-state index contributed by atoms with van der Waals surface area (Å²) in [5.41, 5.74) is 2.25. The molecule has 0 aliphatic carbocycles. The van der Waals surface area contributed by atoms with Gasteiger partial charge in [0.1, 0.15) is 0 Å². The van der Waals surface area contributed by atoms with Crippen LogP contribution in [-0.4, -0.2) is 28.4 Å². The lowest BCUT2D eigenvalue weighted by Crippen LogP contribution is -2.37. The second-order valence-electron chi connectivity index (χ2n) is 4.71. The van der Waals surface area contributed by atoms with E-state index in [4.69, 9.17) is 9.52 Å². The Hall–Kier alpha value is -2.56. The number of carboxylic acids is 1. The molecule has 1 N–H and O–H groups in total. The zero-order chi connectivity index (χ0) is 14.1. The van der Waals surface area contributed by atoms with Gasteiger partial charge in [-0.2, -0.15) is 0 Å². The Morgan fingerprint density at radius 2 is 2.10 bits per heavy atom. The molecule has 0 atom stereocenters. The van der Waals surface area contributed by atoms with Crippen LogP contribution in [0.25, 0.3) is 0 Å². The Balaban J connectivity index is 1.85. The van der Waals surface area contributed by atoms with Crippen molar-refractivity contribution in [2.24, 2.45) is 0 Å². The van der Waals surface area contributed by atoms with Crippen LogP contribution >= 0.6 is 0 Å². The van der Waals surface area contributed by atoms with Gasteiger partial charge >= 0.3 is 5.97 Å². The Morgan fingerprint density at radius 3 is 2.90 bits per heavy atom. The maximum atomic E-state index is 12.4. The number of furan rings is 1. The van der Waals surface area contributed by atoms with Gasteiger partial charge in [-0.1, -0.05) is 18.2 Å². The van der Waals surface area contributed by atoms with Crippen LogP contribution in [-0.2, 0) is 13.0 Å². The molecule has 1 aromatic carbocycles. The number of carboxylic acid groups (broad SMARTS) is 1. The fourth-order valence-electron chi connectivity index (χ4n) is 2.48. The minimum atomic E-state index is -1.12. The van der Waals surface area contributed by atoms with Crippen LogP contribution in [0.1, 0.15) is 32.0 Å². The summed E-state index contributed by atoms with van der Waals surface area (Å²) >= 11 is 0. The molecule has 2 heterocycles. The summed E-state index contributed by atoms with van der Waals surface area (Å²) in [5.74, 6) is -1.28. The summed E-state index contributed by atoms with van der Waals surface area (Å²) < 4.78 is 4.93. The summed E-state index contributed by atoms with van der Waals surface area (Å²) in [5, 5.41) is 9.01. The van der Waals surface area contributed by atoms with Gasteiger partial charge in [-0.05, 0) is 24.1 Å². The van der Waals surface area contributed by atoms with E-state index in [1.54, 1.807) is 17.0 Å². The van der Waals surface area contributed by atoms with Gasteiger partial charge in [0.05, 0.1) is 12.8 Å². The van der Waals surface area contributed by atoms with Crippen molar-refractivity contribution >= 4 is 11.9 Å². The molecule has 1 aliphatic rings. The van der Waals surface area contributed by atoms with Gasteiger partial charge in [0.2, 0.25) is 5.76 Å². The normalized spacial score (nSPS) is 14.2. The predicted molar refractivity (Wildman–Crippen MR) is 70.6 cm³/mol. The molecule has 102 valence electrons. The van der Waals surface area contributed by atoms with E-state index in [1.807, 2.05) is 18.2 Å². The quantitative estimate of drug-likeness (QED) is 0.928. The van der Waals surface area contributed by atoms with E-state index in [1.165, 1.54) is 6.26 Å². The van der Waals surface area contributed by atoms with Gasteiger partial charge in [0.15, 0.2) is 0 Å². The van der Waals surface area contributed by atoms with Gasteiger partial charge in [0, 0.05) is 17.7 Å². The predicted octanol–water partition coefficient (Wildman–Crippen LogP) is 2.18. The van der Waals surface area contributed by atoms with Crippen LogP contribution in [0.3, 0.4) is 0 Å². The Kier molecular flexibility index (Phi) is 3.02. The lowest BCUT2D eigenvalue weighted by molar-refractivity contribution is 0.0648. The third kappa shape index (κ3) is 2.07. The lowest BCUT2D eigenvalue weighted by atomic mass is 9.99. The van der Waals surface area contributed by atoms with Crippen LogP contribution in [0, 0.1) is 0 Å². The van der Waals surface area contributed by atoms with Crippen LogP contribution in [0.15, 0.2) is 41.0 Å². The van der Waals surface area contributed by atoms with Crippen molar-refractivity contribution in [1.82, 2.24) is 4.90 Å². The number of aromatic carboxylic acids is 1. The molecule has 1 aliphatic heterocycles. The summed E-state index contributed by atoms with van der Waals surface area (Å²) in [6.45, 7) is 0.839. The average molecular weight is 271 g/mol. The van der Waals surface area contributed by atoms with E-state index in [9.17, 15) is 9.59 Å². The van der Waals surface area contributed by atoms with Crippen molar-refractivity contribution in [1.29, 1.82) is 0 Å². The lowest BCUT2D eigenvalue weighted by Gasteiger charge is -2.28. The van der Waals surface area contributed by atoms with Crippen LogP contribution in [0.5, 0.6) is 0 Å². The van der Waals surface area contributed by atoms with Crippen molar-refractivity contribution in [3.63, 3.8) is 0 Å². The van der Waals surface area contributed by atoms with Crippen molar-refractivity contribution in [3.05, 3.63) is 59.0 Å². The number of carbonyl (C=O) groups is 2. The zero-order valence-electron chi connectivity index (χ0n) is 10.7. The van der Waals surface area contributed by atoms with Crippen LogP contribution in [0.2, 0.25) is 0 Å². The first kappa shape index (κ1) is 12.5. The van der Waals surface area contributed by atoms with Crippen LogP contribution < -0.4 is 0 Å². The third-order valence-corrected chi connectivity index (χ3v) is 3.49. The average Bonchev–Trinajstić information content (AvgIpc) is 2.91. The number of hydrogen-bond donors (Lipinski definition) is 1. The molecular formula is C15H13NO4. The van der Waals surface area contributed by atoms with E-state index in [2.05, 4.69) is 0 Å². The Bertz CT molecular complexity index is 674. The summed E-state index contributed by atoms with van der Waals surface area (Å²) in [4.78, 5) is 25.0. The fraction of sp³-hybridized carbons (Fsp3) is 0.200. The van der Waals surface area contributed by atoms with E-state index in [0.29, 0.717) is 17.7 Å². The number of amides is 1. The molecule has 5 nitrogen and oxygen atoms in total. The fourth-order valence-corrected chi connectivity index (χ4v) is 2.48. The molecule has 0 fully saturated rings. The molecule has 1 amide bonds. The van der Waals surface area contributed by atoms with Gasteiger partial charge < -0.3 is 14.4 Å². The highest BCUT2D eigenvalue weighted by atomic mass is 16.4. The Labute approximate surface area is 115 Å². The number of nitrogens with zero attached hydrogens (tertiary/aromatic N) is 1. The zero-order valence-corrected chi connectivity index (χ0v) is 10.7. The summed E-state index contributed by atoms with van der Waals surface area (Å²) in [6.07, 6.45) is 2.11.